The van der Waals surface area contributed by atoms with E-state index >= 15 is 0 Å². The zero-order valence-corrected chi connectivity index (χ0v) is 16.4. The van der Waals surface area contributed by atoms with Gasteiger partial charge in [0.15, 0.2) is 0 Å². The Labute approximate surface area is 163 Å². The lowest BCUT2D eigenvalue weighted by molar-refractivity contribution is -0.215. The summed E-state index contributed by atoms with van der Waals surface area (Å²) in [5.74, 6) is -2.22. The van der Waals surface area contributed by atoms with E-state index in [4.69, 9.17) is 9.15 Å². The Balaban J connectivity index is 1.90. The minimum absolute atomic E-state index is 0.0657. The van der Waals surface area contributed by atoms with Crippen LogP contribution in [0, 0.1) is 28.6 Å². The van der Waals surface area contributed by atoms with Crippen molar-refractivity contribution in [2.24, 2.45) is 28.6 Å². The topological polar surface area (TPSA) is 117 Å². The van der Waals surface area contributed by atoms with Crippen LogP contribution in [0.5, 0.6) is 0 Å². The second kappa shape index (κ2) is 6.32. The SMILES string of the molecule is COC(=O)[C@]1(C)C[C@H](O)C[C@@]2(C(=O)O)[C@H]1C[C@H](O)[C@H]1[C@@H](C)c3ccoc3C[C@@H]12. The molecule has 7 heteroatoms. The lowest BCUT2D eigenvalue weighted by Gasteiger charge is -2.61. The zero-order valence-electron chi connectivity index (χ0n) is 16.4. The number of aliphatic carboxylic acids is 1. The number of carbonyl (C=O) groups excluding carboxylic acids is 1. The number of carboxylic acid groups (broad SMARTS) is 1. The van der Waals surface area contributed by atoms with Crippen LogP contribution in [-0.2, 0) is 20.7 Å². The van der Waals surface area contributed by atoms with Gasteiger partial charge in [-0.1, -0.05) is 6.92 Å². The summed E-state index contributed by atoms with van der Waals surface area (Å²) in [6.07, 6.45) is 0.705. The van der Waals surface area contributed by atoms with Crippen molar-refractivity contribution in [2.45, 2.75) is 57.7 Å². The summed E-state index contributed by atoms with van der Waals surface area (Å²) in [5, 5.41) is 32.2. The van der Waals surface area contributed by atoms with Gasteiger partial charge in [-0.3, -0.25) is 9.59 Å². The van der Waals surface area contributed by atoms with Gasteiger partial charge in [-0.05, 0) is 61.5 Å². The number of hydrogen-bond donors (Lipinski definition) is 3. The number of ether oxygens (including phenoxy) is 1. The first-order valence-corrected chi connectivity index (χ1v) is 9.91. The van der Waals surface area contributed by atoms with Crippen molar-refractivity contribution in [1.82, 2.24) is 0 Å². The summed E-state index contributed by atoms with van der Waals surface area (Å²) in [7, 11) is 1.27. The molecule has 0 unspecified atom stereocenters. The molecule has 4 rings (SSSR count). The molecule has 3 aliphatic rings. The Morgan fingerprint density at radius 3 is 2.64 bits per heavy atom. The van der Waals surface area contributed by atoms with E-state index in [0.29, 0.717) is 6.42 Å². The van der Waals surface area contributed by atoms with E-state index in [1.165, 1.54) is 7.11 Å². The molecule has 154 valence electrons. The molecule has 3 N–H and O–H groups in total. The van der Waals surface area contributed by atoms with E-state index in [-0.39, 0.29) is 31.1 Å². The van der Waals surface area contributed by atoms with Crippen LogP contribution in [0.25, 0.3) is 0 Å². The minimum atomic E-state index is -1.33. The predicted molar refractivity (Wildman–Crippen MR) is 97.4 cm³/mol. The number of rotatable bonds is 2. The first-order chi connectivity index (χ1) is 13.2. The fraction of sp³-hybridized carbons (Fsp3) is 0.714. The van der Waals surface area contributed by atoms with Gasteiger partial charge in [0.05, 0.1) is 36.4 Å². The molecule has 28 heavy (non-hydrogen) atoms. The van der Waals surface area contributed by atoms with Crippen LogP contribution < -0.4 is 0 Å². The first-order valence-electron chi connectivity index (χ1n) is 9.91. The molecule has 0 amide bonds. The third-order valence-electron chi connectivity index (χ3n) is 7.97. The first kappa shape index (κ1) is 19.5. The highest BCUT2D eigenvalue weighted by Crippen LogP contribution is 2.65. The third kappa shape index (κ3) is 2.35. The monoisotopic (exact) mass is 392 g/mol. The fourth-order valence-electron chi connectivity index (χ4n) is 6.88. The number of aliphatic hydroxyl groups excluding tert-OH is 2. The maximum Gasteiger partial charge on any atom is 0.311 e. The van der Waals surface area contributed by atoms with Crippen LogP contribution in [-0.4, -0.2) is 46.6 Å². The average Bonchev–Trinajstić information content (AvgIpc) is 3.11. The smallest absolute Gasteiger partial charge is 0.311 e. The highest BCUT2D eigenvalue weighted by molar-refractivity contribution is 5.82. The van der Waals surface area contributed by atoms with Crippen molar-refractivity contribution < 1.29 is 34.1 Å². The summed E-state index contributed by atoms with van der Waals surface area (Å²) < 4.78 is 10.6. The lowest BCUT2D eigenvalue weighted by Crippen LogP contribution is -2.66. The fourth-order valence-corrected chi connectivity index (χ4v) is 6.88. The molecule has 0 radical (unpaired) electrons. The van der Waals surface area contributed by atoms with Gasteiger partial charge >= 0.3 is 11.9 Å². The van der Waals surface area contributed by atoms with Crippen molar-refractivity contribution in [3.05, 3.63) is 23.7 Å². The van der Waals surface area contributed by atoms with Gasteiger partial charge in [0.1, 0.15) is 5.76 Å². The minimum Gasteiger partial charge on any atom is -0.481 e. The average molecular weight is 392 g/mol. The highest BCUT2D eigenvalue weighted by atomic mass is 16.5. The van der Waals surface area contributed by atoms with E-state index in [0.717, 1.165) is 11.3 Å². The van der Waals surface area contributed by atoms with Gasteiger partial charge in [0.2, 0.25) is 0 Å². The molecule has 0 saturated heterocycles. The number of furan rings is 1. The quantitative estimate of drug-likeness (QED) is 0.659. The number of esters is 1. The van der Waals surface area contributed by atoms with Crippen LogP contribution >= 0.6 is 0 Å². The van der Waals surface area contributed by atoms with E-state index < -0.39 is 46.8 Å². The maximum atomic E-state index is 12.8. The number of methoxy groups -OCH3 is 1. The Hall–Kier alpha value is -1.86. The molecule has 1 heterocycles. The number of carbonyl (C=O) groups is 2. The normalized spacial score (nSPS) is 44.8. The molecule has 7 nitrogen and oxygen atoms in total. The highest BCUT2D eigenvalue weighted by Gasteiger charge is 2.69. The number of carboxylic acids is 1. The van der Waals surface area contributed by atoms with Crippen LogP contribution in [0.2, 0.25) is 0 Å². The van der Waals surface area contributed by atoms with Gasteiger partial charge in [0, 0.05) is 6.42 Å². The van der Waals surface area contributed by atoms with Crippen LogP contribution in [0.15, 0.2) is 16.7 Å². The van der Waals surface area contributed by atoms with Gasteiger partial charge in [-0.2, -0.15) is 0 Å². The van der Waals surface area contributed by atoms with E-state index in [2.05, 4.69) is 0 Å². The molecule has 0 aliphatic heterocycles. The van der Waals surface area contributed by atoms with Crippen LogP contribution in [0.1, 0.15) is 50.4 Å². The number of fused-ring (bicyclic) bond motifs is 4. The molecule has 2 saturated carbocycles. The van der Waals surface area contributed by atoms with Crippen LogP contribution in [0.4, 0.5) is 0 Å². The van der Waals surface area contributed by atoms with Gasteiger partial charge < -0.3 is 24.5 Å². The second-order valence-electron chi connectivity index (χ2n) is 9.15. The summed E-state index contributed by atoms with van der Waals surface area (Å²) >= 11 is 0. The Kier molecular flexibility index (Phi) is 4.39. The molecule has 0 bridgehead atoms. The Morgan fingerprint density at radius 2 is 2.00 bits per heavy atom. The summed E-state index contributed by atoms with van der Waals surface area (Å²) in [6, 6.07) is 1.89. The summed E-state index contributed by atoms with van der Waals surface area (Å²) in [5.41, 5.74) is -1.50. The number of aliphatic hydroxyl groups is 2. The predicted octanol–water partition coefficient (Wildman–Crippen LogP) is 1.96. The molecule has 0 aromatic carbocycles. The maximum absolute atomic E-state index is 12.8. The standard InChI is InChI=1S/C21H28O7/c1-10-12-4-5-28-15(12)6-13-17(10)14(23)7-16-20(2,19(26)27-3)8-11(22)9-21(13,16)18(24)25/h4-5,10-11,13-14,16-17,22-23H,6-9H2,1-3H3,(H,24,25)/t10-,11-,13-,14-,16-,17-,20+,21-/m0/s1. The molecular weight excluding hydrogens is 364 g/mol. The summed E-state index contributed by atoms with van der Waals surface area (Å²) in [4.78, 5) is 25.5. The van der Waals surface area contributed by atoms with E-state index in [9.17, 15) is 24.9 Å². The van der Waals surface area contributed by atoms with Gasteiger partial charge in [-0.15, -0.1) is 0 Å². The molecule has 1 aromatic heterocycles. The van der Waals surface area contributed by atoms with Crippen molar-refractivity contribution >= 4 is 11.9 Å². The van der Waals surface area contributed by atoms with Crippen LogP contribution in [0.3, 0.4) is 0 Å². The van der Waals surface area contributed by atoms with Crippen molar-refractivity contribution in [1.29, 1.82) is 0 Å². The van der Waals surface area contributed by atoms with Gasteiger partial charge in [0.25, 0.3) is 0 Å². The third-order valence-corrected chi connectivity index (χ3v) is 7.97. The molecule has 3 aliphatic carbocycles. The number of hydrogen-bond acceptors (Lipinski definition) is 6. The van der Waals surface area contributed by atoms with Crippen molar-refractivity contribution in [2.75, 3.05) is 7.11 Å². The molecule has 2 fully saturated rings. The second-order valence-corrected chi connectivity index (χ2v) is 9.15. The Bertz CT molecular complexity index is 800. The molecule has 0 spiro atoms. The van der Waals surface area contributed by atoms with E-state index in [1.807, 2.05) is 13.0 Å². The van der Waals surface area contributed by atoms with E-state index in [1.54, 1.807) is 13.2 Å². The molecule has 1 aromatic rings. The van der Waals surface area contributed by atoms with Crippen molar-refractivity contribution in [3.8, 4) is 0 Å². The zero-order chi connectivity index (χ0) is 20.4. The van der Waals surface area contributed by atoms with Crippen molar-refractivity contribution in [3.63, 3.8) is 0 Å². The molecule has 8 atom stereocenters. The van der Waals surface area contributed by atoms with Gasteiger partial charge in [-0.25, -0.2) is 0 Å². The molecular formula is C21H28O7. The largest absolute Gasteiger partial charge is 0.481 e. The Morgan fingerprint density at radius 1 is 1.29 bits per heavy atom. The summed E-state index contributed by atoms with van der Waals surface area (Å²) in [6.45, 7) is 3.66. The lowest BCUT2D eigenvalue weighted by atomic mass is 9.41.